The maximum absolute atomic E-state index is 12.4. The molecule has 0 saturated carbocycles. The maximum atomic E-state index is 12.4. The molecule has 1 N–H and O–H groups in total. The minimum atomic E-state index is -2.40. The SMILES string of the molecule is FC(F)CNc1nc(-c2cccnc2)nc2c1CCC2. The summed E-state index contributed by atoms with van der Waals surface area (Å²) in [6, 6.07) is 3.67. The van der Waals surface area contributed by atoms with Gasteiger partial charge in [-0.25, -0.2) is 18.7 Å². The molecule has 0 atom stereocenters. The molecular formula is C14H14F2N4. The van der Waals surface area contributed by atoms with E-state index in [1.165, 1.54) is 0 Å². The van der Waals surface area contributed by atoms with Crippen LogP contribution in [0.3, 0.4) is 0 Å². The minimum absolute atomic E-state index is 0.393. The predicted molar refractivity (Wildman–Crippen MR) is 71.8 cm³/mol. The Hall–Kier alpha value is -2.11. The number of nitrogens with zero attached hydrogens (tertiary/aromatic N) is 3. The summed E-state index contributed by atoms with van der Waals surface area (Å²) in [5.74, 6) is 1.07. The third kappa shape index (κ3) is 2.59. The Morgan fingerprint density at radius 3 is 2.90 bits per heavy atom. The van der Waals surface area contributed by atoms with Crippen LogP contribution in [0.25, 0.3) is 11.4 Å². The number of aryl methyl sites for hydroxylation is 1. The Kier molecular flexibility index (Phi) is 3.54. The van der Waals surface area contributed by atoms with Crippen molar-refractivity contribution in [3.8, 4) is 11.4 Å². The molecule has 104 valence electrons. The summed E-state index contributed by atoms with van der Waals surface area (Å²) in [7, 11) is 0. The van der Waals surface area contributed by atoms with E-state index in [0.717, 1.165) is 36.1 Å². The van der Waals surface area contributed by atoms with Crippen molar-refractivity contribution >= 4 is 5.82 Å². The molecule has 0 radical (unpaired) electrons. The van der Waals surface area contributed by atoms with Crippen molar-refractivity contribution in [3.05, 3.63) is 35.8 Å². The van der Waals surface area contributed by atoms with Gasteiger partial charge in [-0.1, -0.05) is 0 Å². The Morgan fingerprint density at radius 2 is 2.15 bits per heavy atom. The monoisotopic (exact) mass is 276 g/mol. The molecule has 3 rings (SSSR count). The van der Waals surface area contributed by atoms with Gasteiger partial charge in [0.15, 0.2) is 5.82 Å². The van der Waals surface area contributed by atoms with E-state index in [9.17, 15) is 8.78 Å². The largest absolute Gasteiger partial charge is 0.364 e. The highest BCUT2D eigenvalue weighted by molar-refractivity contribution is 5.59. The minimum Gasteiger partial charge on any atom is -0.364 e. The lowest BCUT2D eigenvalue weighted by atomic mass is 10.2. The second-order valence-corrected chi connectivity index (χ2v) is 4.69. The van der Waals surface area contributed by atoms with Crippen LogP contribution in [0.5, 0.6) is 0 Å². The molecule has 0 fully saturated rings. The smallest absolute Gasteiger partial charge is 0.255 e. The highest BCUT2D eigenvalue weighted by atomic mass is 19.3. The number of pyridine rings is 1. The third-order valence-electron chi connectivity index (χ3n) is 3.28. The zero-order chi connectivity index (χ0) is 13.9. The van der Waals surface area contributed by atoms with Crippen LogP contribution in [-0.4, -0.2) is 27.9 Å². The lowest BCUT2D eigenvalue weighted by Crippen LogP contribution is -2.14. The van der Waals surface area contributed by atoms with Crippen LogP contribution in [0.4, 0.5) is 14.6 Å². The lowest BCUT2D eigenvalue weighted by Gasteiger charge is -2.11. The van der Waals surface area contributed by atoms with E-state index in [0.29, 0.717) is 11.6 Å². The highest BCUT2D eigenvalue weighted by Crippen LogP contribution is 2.29. The van der Waals surface area contributed by atoms with Crippen molar-refractivity contribution in [1.82, 2.24) is 15.0 Å². The molecule has 0 aromatic carbocycles. The lowest BCUT2D eigenvalue weighted by molar-refractivity contribution is 0.163. The van der Waals surface area contributed by atoms with Gasteiger partial charge >= 0.3 is 0 Å². The van der Waals surface area contributed by atoms with Crippen LogP contribution in [-0.2, 0) is 12.8 Å². The molecule has 20 heavy (non-hydrogen) atoms. The topological polar surface area (TPSA) is 50.7 Å². The van der Waals surface area contributed by atoms with Gasteiger partial charge in [0.25, 0.3) is 6.43 Å². The predicted octanol–water partition coefficient (Wildman–Crippen LogP) is 2.70. The molecule has 2 aromatic rings. The van der Waals surface area contributed by atoms with Crippen molar-refractivity contribution in [2.45, 2.75) is 25.7 Å². The summed E-state index contributed by atoms with van der Waals surface area (Å²) in [6.45, 7) is -0.393. The fraction of sp³-hybridized carbons (Fsp3) is 0.357. The van der Waals surface area contributed by atoms with E-state index in [1.54, 1.807) is 18.5 Å². The number of anilines is 1. The van der Waals surface area contributed by atoms with E-state index < -0.39 is 13.0 Å². The number of aromatic nitrogens is 3. The number of halogens is 2. The second-order valence-electron chi connectivity index (χ2n) is 4.69. The van der Waals surface area contributed by atoms with Crippen molar-refractivity contribution in [1.29, 1.82) is 0 Å². The molecule has 2 aromatic heterocycles. The number of fused-ring (bicyclic) bond motifs is 1. The van der Waals surface area contributed by atoms with Gasteiger partial charge < -0.3 is 5.32 Å². The molecule has 0 unspecified atom stereocenters. The number of alkyl halides is 2. The molecule has 0 amide bonds. The Balaban J connectivity index is 1.98. The first kappa shape index (κ1) is 12.9. The second kappa shape index (κ2) is 5.48. The average molecular weight is 276 g/mol. The summed E-state index contributed by atoms with van der Waals surface area (Å²) in [6.07, 6.45) is 3.65. The first-order valence-electron chi connectivity index (χ1n) is 6.56. The van der Waals surface area contributed by atoms with Crippen LogP contribution in [0.2, 0.25) is 0 Å². The van der Waals surface area contributed by atoms with Gasteiger partial charge in [-0.15, -0.1) is 0 Å². The number of nitrogens with one attached hydrogen (secondary N) is 1. The van der Waals surface area contributed by atoms with Gasteiger partial charge in [-0.2, -0.15) is 0 Å². The molecule has 2 heterocycles. The van der Waals surface area contributed by atoms with E-state index in [2.05, 4.69) is 20.3 Å². The molecule has 0 saturated heterocycles. The Labute approximate surface area is 115 Å². The zero-order valence-corrected chi connectivity index (χ0v) is 10.8. The fourth-order valence-electron chi connectivity index (χ4n) is 2.38. The van der Waals surface area contributed by atoms with Gasteiger partial charge in [-0.3, -0.25) is 4.98 Å². The number of hydrogen-bond acceptors (Lipinski definition) is 4. The first-order chi connectivity index (χ1) is 9.74. The maximum Gasteiger partial charge on any atom is 0.255 e. The summed E-state index contributed by atoms with van der Waals surface area (Å²) in [5.41, 5.74) is 2.72. The zero-order valence-electron chi connectivity index (χ0n) is 10.8. The van der Waals surface area contributed by atoms with E-state index in [1.807, 2.05) is 6.07 Å². The van der Waals surface area contributed by atoms with E-state index in [4.69, 9.17) is 0 Å². The van der Waals surface area contributed by atoms with E-state index >= 15 is 0 Å². The summed E-state index contributed by atoms with van der Waals surface area (Å²) < 4.78 is 24.8. The summed E-state index contributed by atoms with van der Waals surface area (Å²) in [4.78, 5) is 13.0. The molecule has 1 aliphatic rings. The standard InChI is InChI=1S/C14H14F2N4/c15-12(16)8-18-14-10-4-1-5-11(10)19-13(20-14)9-3-2-6-17-7-9/h2-3,6-7,12H,1,4-5,8H2,(H,18,19,20). The summed E-state index contributed by atoms with van der Waals surface area (Å²) in [5, 5.41) is 2.73. The summed E-state index contributed by atoms with van der Waals surface area (Å²) >= 11 is 0. The Morgan fingerprint density at radius 1 is 1.25 bits per heavy atom. The van der Waals surface area contributed by atoms with Gasteiger partial charge in [0.1, 0.15) is 5.82 Å². The van der Waals surface area contributed by atoms with Gasteiger partial charge in [-0.05, 0) is 31.4 Å². The average Bonchev–Trinajstić information content (AvgIpc) is 2.94. The van der Waals surface area contributed by atoms with Gasteiger partial charge in [0.2, 0.25) is 0 Å². The Bertz CT molecular complexity index is 602. The van der Waals surface area contributed by atoms with Gasteiger partial charge in [0.05, 0.1) is 6.54 Å². The van der Waals surface area contributed by atoms with Crippen molar-refractivity contribution in [3.63, 3.8) is 0 Å². The first-order valence-corrected chi connectivity index (χ1v) is 6.56. The molecule has 4 nitrogen and oxygen atoms in total. The molecular weight excluding hydrogens is 262 g/mol. The molecule has 1 aliphatic carbocycles. The van der Waals surface area contributed by atoms with Crippen LogP contribution in [0, 0.1) is 0 Å². The van der Waals surface area contributed by atoms with Crippen molar-refractivity contribution < 1.29 is 8.78 Å². The highest BCUT2D eigenvalue weighted by Gasteiger charge is 2.20. The quantitative estimate of drug-likeness (QED) is 0.932. The molecule has 0 aliphatic heterocycles. The fourth-order valence-corrected chi connectivity index (χ4v) is 2.38. The number of rotatable bonds is 4. The van der Waals surface area contributed by atoms with Crippen LogP contribution >= 0.6 is 0 Å². The molecule has 0 bridgehead atoms. The van der Waals surface area contributed by atoms with E-state index in [-0.39, 0.29) is 0 Å². The molecule has 0 spiro atoms. The van der Waals surface area contributed by atoms with Crippen LogP contribution in [0.1, 0.15) is 17.7 Å². The molecule has 6 heteroatoms. The third-order valence-corrected chi connectivity index (χ3v) is 3.28. The normalized spacial score (nSPS) is 13.6. The van der Waals surface area contributed by atoms with Crippen LogP contribution < -0.4 is 5.32 Å². The van der Waals surface area contributed by atoms with Gasteiger partial charge in [0, 0.05) is 29.2 Å². The van der Waals surface area contributed by atoms with Crippen molar-refractivity contribution in [2.75, 3.05) is 11.9 Å². The van der Waals surface area contributed by atoms with Crippen LogP contribution in [0.15, 0.2) is 24.5 Å². The number of hydrogen-bond donors (Lipinski definition) is 1. The van der Waals surface area contributed by atoms with Crippen molar-refractivity contribution in [2.24, 2.45) is 0 Å².